The summed E-state index contributed by atoms with van der Waals surface area (Å²) in [6.45, 7) is 0. The lowest BCUT2D eigenvalue weighted by atomic mass is 10.0. The zero-order chi connectivity index (χ0) is 16.4. The van der Waals surface area contributed by atoms with E-state index in [1.54, 1.807) is 30.3 Å². The Morgan fingerprint density at radius 1 is 0.864 bits per heavy atom. The highest BCUT2D eigenvalue weighted by Crippen LogP contribution is 2.47. The van der Waals surface area contributed by atoms with Crippen LogP contribution in [0, 0.1) is 0 Å². The first-order chi connectivity index (χ1) is 10.2. The maximum atomic E-state index is 13.3. The summed E-state index contributed by atoms with van der Waals surface area (Å²) in [6.07, 6.45) is -4.76. The van der Waals surface area contributed by atoms with Gasteiger partial charge in [0, 0.05) is 11.8 Å². The minimum Gasteiger partial charge on any atom is -0.507 e. The van der Waals surface area contributed by atoms with Gasteiger partial charge in [0.1, 0.15) is 5.75 Å². The van der Waals surface area contributed by atoms with E-state index in [2.05, 4.69) is 4.99 Å². The fraction of sp³-hybridized carbons (Fsp3) is 0.133. The van der Waals surface area contributed by atoms with Gasteiger partial charge in [-0.05, 0) is 24.3 Å². The maximum absolute atomic E-state index is 13.3. The van der Waals surface area contributed by atoms with Gasteiger partial charge in [-0.3, -0.25) is 4.99 Å². The number of halogens is 5. The molecule has 0 bridgehead atoms. The number of alkyl halides is 5. The molecule has 22 heavy (non-hydrogen) atoms. The summed E-state index contributed by atoms with van der Waals surface area (Å²) >= 11 is 0. The van der Waals surface area contributed by atoms with Crippen LogP contribution in [0.25, 0.3) is 0 Å². The molecule has 0 unspecified atom stereocenters. The third-order valence-corrected chi connectivity index (χ3v) is 2.87. The molecule has 0 aliphatic heterocycles. The molecular formula is C15H10F5NO. The molecule has 0 aliphatic rings. The summed E-state index contributed by atoms with van der Waals surface area (Å²) in [6, 6.07) is 11.0. The third kappa shape index (κ3) is 3.08. The molecule has 2 rings (SSSR count). The Morgan fingerprint density at radius 2 is 1.50 bits per heavy atom. The lowest BCUT2D eigenvalue weighted by Gasteiger charge is -2.21. The monoisotopic (exact) mass is 315 g/mol. The second kappa shape index (κ2) is 5.75. The quantitative estimate of drug-likeness (QED) is 0.640. The van der Waals surface area contributed by atoms with E-state index in [1.165, 1.54) is 6.07 Å². The molecule has 7 heteroatoms. The van der Waals surface area contributed by atoms with Gasteiger partial charge < -0.3 is 5.11 Å². The van der Waals surface area contributed by atoms with Gasteiger partial charge in [-0.1, -0.05) is 24.3 Å². The maximum Gasteiger partial charge on any atom is 0.458 e. The Balaban J connectivity index is 2.41. The molecule has 2 nitrogen and oxygen atoms in total. The second-order valence-corrected chi connectivity index (χ2v) is 4.41. The van der Waals surface area contributed by atoms with Crippen molar-refractivity contribution in [3.05, 3.63) is 59.7 Å². The fourth-order valence-electron chi connectivity index (χ4n) is 1.73. The molecule has 1 N–H and O–H groups in total. The van der Waals surface area contributed by atoms with Crippen molar-refractivity contribution in [1.82, 2.24) is 0 Å². The SMILES string of the molecule is Oc1c(C=Nc2ccccc2)cccc1C(F)(F)C(F)(F)F. The Bertz CT molecular complexity index is 680. The molecule has 2 aromatic carbocycles. The molecule has 0 radical (unpaired) electrons. The highest BCUT2D eigenvalue weighted by molar-refractivity contribution is 5.86. The van der Waals surface area contributed by atoms with E-state index >= 15 is 0 Å². The number of aromatic hydroxyl groups is 1. The first-order valence-electron chi connectivity index (χ1n) is 6.09. The standard InChI is InChI=1S/C15H10F5NO/c16-14(17,15(18,19)20)12-8-4-5-10(13(12)22)9-21-11-6-2-1-3-7-11/h1-9,22H. The molecule has 0 aliphatic carbocycles. The Kier molecular flexibility index (Phi) is 4.16. The number of nitrogens with zero attached hydrogens (tertiary/aromatic N) is 1. The Hall–Kier alpha value is -2.44. The van der Waals surface area contributed by atoms with Gasteiger partial charge in [0.15, 0.2) is 0 Å². The van der Waals surface area contributed by atoms with Crippen molar-refractivity contribution in [2.24, 2.45) is 4.99 Å². The van der Waals surface area contributed by atoms with E-state index in [4.69, 9.17) is 0 Å². The highest BCUT2D eigenvalue weighted by Gasteiger charge is 2.60. The first kappa shape index (κ1) is 15.9. The number of rotatable bonds is 3. The van der Waals surface area contributed by atoms with Crippen LogP contribution < -0.4 is 0 Å². The minimum atomic E-state index is -5.79. The molecule has 0 saturated heterocycles. The smallest absolute Gasteiger partial charge is 0.458 e. The lowest BCUT2D eigenvalue weighted by molar-refractivity contribution is -0.289. The van der Waals surface area contributed by atoms with E-state index in [9.17, 15) is 27.1 Å². The van der Waals surface area contributed by atoms with Crippen LogP contribution in [0.4, 0.5) is 27.6 Å². The Morgan fingerprint density at radius 3 is 2.09 bits per heavy atom. The van der Waals surface area contributed by atoms with E-state index < -0.39 is 23.4 Å². The molecule has 0 saturated carbocycles. The summed E-state index contributed by atoms with van der Waals surface area (Å²) in [5, 5.41) is 9.69. The van der Waals surface area contributed by atoms with Crippen molar-refractivity contribution in [3.63, 3.8) is 0 Å². The molecule has 0 atom stereocenters. The van der Waals surface area contributed by atoms with Gasteiger partial charge in [-0.15, -0.1) is 0 Å². The number of hydrogen-bond acceptors (Lipinski definition) is 2. The fourth-order valence-corrected chi connectivity index (χ4v) is 1.73. The van der Waals surface area contributed by atoms with Crippen molar-refractivity contribution < 1.29 is 27.1 Å². The number of aliphatic imine (C=N–C) groups is 1. The number of benzene rings is 2. The van der Waals surface area contributed by atoms with Crippen LogP contribution in [0.5, 0.6) is 5.75 Å². The van der Waals surface area contributed by atoms with Crippen LogP contribution in [-0.4, -0.2) is 17.5 Å². The van der Waals surface area contributed by atoms with Gasteiger partial charge >= 0.3 is 12.1 Å². The van der Waals surface area contributed by atoms with Gasteiger partial charge in [-0.25, -0.2) is 0 Å². The predicted octanol–water partition coefficient (Wildman–Crippen LogP) is 4.80. The van der Waals surface area contributed by atoms with Crippen LogP contribution in [0.2, 0.25) is 0 Å². The van der Waals surface area contributed by atoms with Crippen LogP contribution in [0.15, 0.2) is 53.5 Å². The number of para-hydroxylation sites is 2. The normalized spacial score (nSPS) is 12.8. The van der Waals surface area contributed by atoms with Crippen molar-refractivity contribution >= 4 is 11.9 Å². The summed E-state index contributed by atoms with van der Waals surface area (Å²) in [5.74, 6) is -6.29. The molecule has 0 heterocycles. The summed E-state index contributed by atoms with van der Waals surface area (Å²) in [4.78, 5) is 3.91. The molecule has 116 valence electrons. The number of hydrogen-bond donors (Lipinski definition) is 1. The largest absolute Gasteiger partial charge is 0.507 e. The summed E-state index contributed by atoms with van der Waals surface area (Å²) < 4.78 is 63.8. The van der Waals surface area contributed by atoms with E-state index in [1.807, 2.05) is 0 Å². The lowest BCUT2D eigenvalue weighted by Crippen LogP contribution is -2.33. The molecule has 0 fully saturated rings. The van der Waals surface area contributed by atoms with Crippen molar-refractivity contribution in [2.75, 3.05) is 0 Å². The number of phenolic OH excluding ortho intramolecular Hbond substituents is 1. The molecule has 2 aromatic rings. The zero-order valence-corrected chi connectivity index (χ0v) is 11.0. The highest BCUT2D eigenvalue weighted by atomic mass is 19.4. The Labute approximate surface area is 122 Å². The average Bonchev–Trinajstić information content (AvgIpc) is 2.46. The molecule has 0 amide bonds. The van der Waals surface area contributed by atoms with Crippen molar-refractivity contribution in [1.29, 1.82) is 0 Å². The topological polar surface area (TPSA) is 32.6 Å². The van der Waals surface area contributed by atoms with Crippen LogP contribution >= 0.6 is 0 Å². The van der Waals surface area contributed by atoms with Gasteiger partial charge in [-0.2, -0.15) is 22.0 Å². The van der Waals surface area contributed by atoms with Crippen LogP contribution in [0.3, 0.4) is 0 Å². The summed E-state index contributed by atoms with van der Waals surface area (Å²) in [5.41, 5.74) is -1.27. The van der Waals surface area contributed by atoms with Gasteiger partial charge in [0.05, 0.1) is 11.3 Å². The predicted molar refractivity (Wildman–Crippen MR) is 71.8 cm³/mol. The zero-order valence-electron chi connectivity index (χ0n) is 11.0. The molecule has 0 aromatic heterocycles. The molecule has 0 spiro atoms. The van der Waals surface area contributed by atoms with Crippen molar-refractivity contribution in [2.45, 2.75) is 12.1 Å². The minimum absolute atomic E-state index is 0.231. The van der Waals surface area contributed by atoms with Gasteiger partial charge in [0.2, 0.25) is 0 Å². The second-order valence-electron chi connectivity index (χ2n) is 4.41. The van der Waals surface area contributed by atoms with Crippen LogP contribution in [0.1, 0.15) is 11.1 Å². The van der Waals surface area contributed by atoms with E-state index in [0.717, 1.165) is 12.3 Å². The van der Waals surface area contributed by atoms with Crippen molar-refractivity contribution in [3.8, 4) is 5.75 Å². The first-order valence-corrected chi connectivity index (χ1v) is 6.09. The molecular weight excluding hydrogens is 305 g/mol. The van der Waals surface area contributed by atoms with Gasteiger partial charge in [0.25, 0.3) is 0 Å². The third-order valence-electron chi connectivity index (χ3n) is 2.87. The summed E-state index contributed by atoms with van der Waals surface area (Å²) in [7, 11) is 0. The van der Waals surface area contributed by atoms with E-state index in [0.29, 0.717) is 11.8 Å². The average molecular weight is 315 g/mol. The number of phenols is 1. The van der Waals surface area contributed by atoms with Crippen LogP contribution in [-0.2, 0) is 5.92 Å². The van der Waals surface area contributed by atoms with E-state index in [-0.39, 0.29) is 5.56 Å².